The van der Waals surface area contributed by atoms with Crippen LogP contribution in [0.3, 0.4) is 0 Å². The standard InChI is InChI=1S/C11H10F3N3O2/c1-17-8-3-2-6(11(12,13)14)4-7(8)10(16-17)15-5-9(18)19/h2-4H,5H2,1H3,(H,15,16)(H,18,19). The molecule has 0 bridgehead atoms. The lowest BCUT2D eigenvalue weighted by Gasteiger charge is -2.06. The number of hydrogen-bond donors (Lipinski definition) is 2. The lowest BCUT2D eigenvalue weighted by Crippen LogP contribution is -2.13. The molecular weight excluding hydrogens is 263 g/mol. The number of aromatic nitrogens is 2. The van der Waals surface area contributed by atoms with Crippen LogP contribution < -0.4 is 5.32 Å². The Morgan fingerprint density at radius 1 is 1.47 bits per heavy atom. The molecule has 0 radical (unpaired) electrons. The Bertz CT molecular complexity index is 634. The summed E-state index contributed by atoms with van der Waals surface area (Å²) >= 11 is 0. The van der Waals surface area contributed by atoms with Gasteiger partial charge in [0.25, 0.3) is 0 Å². The first-order valence-corrected chi connectivity index (χ1v) is 5.28. The van der Waals surface area contributed by atoms with Crippen molar-refractivity contribution in [2.45, 2.75) is 6.18 Å². The number of nitrogens with one attached hydrogen (secondary N) is 1. The number of aryl methyl sites for hydroxylation is 1. The summed E-state index contributed by atoms with van der Waals surface area (Å²) < 4.78 is 39.3. The Morgan fingerprint density at radius 2 is 2.16 bits per heavy atom. The van der Waals surface area contributed by atoms with Crippen LogP contribution >= 0.6 is 0 Å². The second-order valence-corrected chi connectivity index (χ2v) is 3.95. The maximum absolute atomic E-state index is 12.6. The summed E-state index contributed by atoms with van der Waals surface area (Å²) in [6.45, 7) is -0.414. The summed E-state index contributed by atoms with van der Waals surface area (Å²) in [7, 11) is 1.57. The van der Waals surface area contributed by atoms with Crippen LogP contribution in [-0.4, -0.2) is 27.4 Å². The average molecular weight is 273 g/mol. The number of halogens is 3. The van der Waals surface area contributed by atoms with Crippen molar-refractivity contribution in [3.8, 4) is 0 Å². The van der Waals surface area contributed by atoms with Crippen molar-refractivity contribution in [3.05, 3.63) is 23.8 Å². The van der Waals surface area contributed by atoms with Gasteiger partial charge in [0, 0.05) is 12.4 Å². The first kappa shape index (κ1) is 13.2. The van der Waals surface area contributed by atoms with Gasteiger partial charge in [-0.05, 0) is 18.2 Å². The molecule has 1 aromatic heterocycles. The van der Waals surface area contributed by atoms with Gasteiger partial charge in [-0.3, -0.25) is 9.48 Å². The Labute approximate surface area is 105 Å². The van der Waals surface area contributed by atoms with E-state index in [1.54, 1.807) is 7.05 Å². The Balaban J connectivity index is 2.49. The lowest BCUT2D eigenvalue weighted by molar-refractivity contribution is -0.137. The van der Waals surface area contributed by atoms with Gasteiger partial charge in [-0.25, -0.2) is 0 Å². The van der Waals surface area contributed by atoms with Gasteiger partial charge in [-0.15, -0.1) is 0 Å². The minimum absolute atomic E-state index is 0.117. The van der Waals surface area contributed by atoms with Crippen LogP contribution in [0, 0.1) is 0 Å². The van der Waals surface area contributed by atoms with Crippen molar-refractivity contribution in [2.24, 2.45) is 7.05 Å². The highest BCUT2D eigenvalue weighted by atomic mass is 19.4. The average Bonchev–Trinajstić information content (AvgIpc) is 2.62. The molecule has 0 fully saturated rings. The number of carboxylic acid groups (broad SMARTS) is 1. The maximum atomic E-state index is 12.6. The second-order valence-electron chi connectivity index (χ2n) is 3.95. The molecule has 0 aliphatic rings. The van der Waals surface area contributed by atoms with Gasteiger partial charge in [0.1, 0.15) is 6.54 Å². The summed E-state index contributed by atoms with van der Waals surface area (Å²) in [6, 6.07) is 3.22. The molecule has 0 saturated carbocycles. The SMILES string of the molecule is Cn1nc(NCC(=O)O)c2cc(C(F)(F)F)ccc21. The monoisotopic (exact) mass is 273 g/mol. The highest BCUT2D eigenvalue weighted by Gasteiger charge is 2.31. The molecule has 0 saturated heterocycles. The molecule has 1 aromatic carbocycles. The number of fused-ring (bicyclic) bond motifs is 1. The molecule has 102 valence electrons. The van der Waals surface area contributed by atoms with E-state index in [1.165, 1.54) is 10.7 Å². The van der Waals surface area contributed by atoms with Crippen molar-refractivity contribution in [3.63, 3.8) is 0 Å². The molecule has 0 spiro atoms. The summed E-state index contributed by atoms with van der Waals surface area (Å²) in [5.74, 6) is -1.00. The van der Waals surface area contributed by atoms with E-state index in [1.807, 2.05) is 0 Å². The number of aliphatic carboxylic acids is 1. The third-order valence-electron chi connectivity index (χ3n) is 2.58. The normalized spacial score (nSPS) is 11.8. The second kappa shape index (κ2) is 4.45. The third kappa shape index (κ3) is 2.61. The predicted octanol–water partition coefficient (Wildman–Crippen LogP) is 2.09. The number of anilines is 1. The molecule has 0 aliphatic carbocycles. The zero-order chi connectivity index (χ0) is 14.2. The maximum Gasteiger partial charge on any atom is 0.416 e. The van der Waals surface area contributed by atoms with Crippen molar-refractivity contribution in [1.82, 2.24) is 9.78 Å². The molecule has 0 amide bonds. The molecule has 0 unspecified atom stereocenters. The van der Waals surface area contributed by atoms with Gasteiger partial charge >= 0.3 is 12.1 Å². The number of carboxylic acids is 1. The first-order valence-electron chi connectivity index (χ1n) is 5.28. The third-order valence-corrected chi connectivity index (χ3v) is 2.58. The van der Waals surface area contributed by atoms with E-state index in [9.17, 15) is 18.0 Å². The largest absolute Gasteiger partial charge is 0.480 e. The van der Waals surface area contributed by atoms with Crippen LogP contribution in [-0.2, 0) is 18.0 Å². The number of nitrogens with zero attached hydrogens (tertiary/aromatic N) is 2. The van der Waals surface area contributed by atoms with Crippen LogP contribution in [0.4, 0.5) is 19.0 Å². The Morgan fingerprint density at radius 3 is 2.74 bits per heavy atom. The fraction of sp³-hybridized carbons (Fsp3) is 0.273. The lowest BCUT2D eigenvalue weighted by atomic mass is 10.1. The number of rotatable bonds is 3. The molecule has 2 rings (SSSR count). The van der Waals surface area contributed by atoms with Gasteiger partial charge < -0.3 is 10.4 Å². The highest BCUT2D eigenvalue weighted by Crippen LogP contribution is 2.33. The minimum atomic E-state index is -4.45. The van der Waals surface area contributed by atoms with Crippen LogP contribution in [0.1, 0.15) is 5.56 Å². The van der Waals surface area contributed by atoms with Crippen molar-refractivity contribution in [2.75, 3.05) is 11.9 Å². The van der Waals surface area contributed by atoms with Gasteiger partial charge in [-0.1, -0.05) is 0 Å². The van der Waals surface area contributed by atoms with Gasteiger partial charge in [0.05, 0.1) is 11.1 Å². The zero-order valence-electron chi connectivity index (χ0n) is 9.82. The van der Waals surface area contributed by atoms with E-state index in [4.69, 9.17) is 5.11 Å². The van der Waals surface area contributed by atoms with E-state index < -0.39 is 24.3 Å². The highest BCUT2D eigenvalue weighted by molar-refractivity contribution is 5.91. The van der Waals surface area contributed by atoms with Gasteiger partial charge in [-0.2, -0.15) is 18.3 Å². The van der Waals surface area contributed by atoms with Gasteiger partial charge in [0.15, 0.2) is 5.82 Å². The molecule has 8 heteroatoms. The fourth-order valence-corrected chi connectivity index (χ4v) is 1.73. The summed E-state index contributed by atoms with van der Waals surface area (Å²) in [5, 5.41) is 15.2. The molecule has 19 heavy (non-hydrogen) atoms. The molecule has 2 N–H and O–H groups in total. The quantitative estimate of drug-likeness (QED) is 0.898. The molecule has 5 nitrogen and oxygen atoms in total. The van der Waals surface area contributed by atoms with Crippen LogP contribution in [0.5, 0.6) is 0 Å². The molecule has 0 atom stereocenters. The van der Waals surface area contributed by atoms with E-state index in [0.29, 0.717) is 5.52 Å². The Hall–Kier alpha value is -2.25. The van der Waals surface area contributed by atoms with Crippen LogP contribution in [0.15, 0.2) is 18.2 Å². The van der Waals surface area contributed by atoms with E-state index in [-0.39, 0.29) is 11.2 Å². The number of alkyl halides is 3. The first-order chi connectivity index (χ1) is 8.79. The van der Waals surface area contributed by atoms with E-state index in [2.05, 4.69) is 10.4 Å². The number of carbonyl (C=O) groups is 1. The smallest absolute Gasteiger partial charge is 0.416 e. The zero-order valence-corrected chi connectivity index (χ0v) is 9.82. The Kier molecular flexibility index (Phi) is 3.09. The summed E-state index contributed by atoms with van der Waals surface area (Å²) in [4.78, 5) is 10.5. The molecule has 0 aliphatic heterocycles. The molecule has 2 aromatic rings. The summed E-state index contributed by atoms with van der Waals surface area (Å²) in [5.41, 5.74) is -0.313. The number of benzene rings is 1. The number of hydrogen-bond acceptors (Lipinski definition) is 3. The molecule has 1 heterocycles. The van der Waals surface area contributed by atoms with Crippen LogP contribution in [0.25, 0.3) is 10.9 Å². The van der Waals surface area contributed by atoms with E-state index >= 15 is 0 Å². The predicted molar refractivity (Wildman–Crippen MR) is 61.8 cm³/mol. The fourth-order valence-electron chi connectivity index (χ4n) is 1.73. The minimum Gasteiger partial charge on any atom is -0.480 e. The molecular formula is C11H10F3N3O2. The van der Waals surface area contributed by atoms with Gasteiger partial charge in [0.2, 0.25) is 0 Å². The van der Waals surface area contributed by atoms with E-state index in [0.717, 1.165) is 12.1 Å². The topological polar surface area (TPSA) is 67.2 Å². The summed E-state index contributed by atoms with van der Waals surface area (Å²) in [6.07, 6.45) is -4.45. The van der Waals surface area contributed by atoms with Crippen molar-refractivity contribution < 1.29 is 23.1 Å². The van der Waals surface area contributed by atoms with Crippen molar-refractivity contribution in [1.29, 1.82) is 0 Å². The van der Waals surface area contributed by atoms with Crippen molar-refractivity contribution >= 4 is 22.7 Å². The van der Waals surface area contributed by atoms with Crippen LogP contribution in [0.2, 0.25) is 0 Å².